The Morgan fingerprint density at radius 2 is 1.79 bits per heavy atom. The fourth-order valence-electron chi connectivity index (χ4n) is 3.50. The van der Waals surface area contributed by atoms with Crippen LogP contribution >= 0.6 is 0 Å². The lowest BCUT2D eigenvalue weighted by molar-refractivity contribution is -0.151. The van der Waals surface area contributed by atoms with E-state index in [1.54, 1.807) is 12.2 Å². The average molecular weight is 264 g/mol. The van der Waals surface area contributed by atoms with Gasteiger partial charge in [-0.25, -0.2) is 4.79 Å². The van der Waals surface area contributed by atoms with E-state index in [9.17, 15) is 14.7 Å². The molecule has 0 radical (unpaired) electrons. The maximum absolute atomic E-state index is 11.9. The van der Waals surface area contributed by atoms with Gasteiger partial charge in [-0.15, -0.1) is 0 Å². The summed E-state index contributed by atoms with van der Waals surface area (Å²) in [6.45, 7) is 1.82. The highest BCUT2D eigenvalue weighted by molar-refractivity contribution is 5.91. The zero-order valence-corrected chi connectivity index (χ0v) is 11.2. The highest BCUT2D eigenvalue weighted by Crippen LogP contribution is 2.49. The number of carbonyl (C=O) groups is 2. The third-order valence-corrected chi connectivity index (χ3v) is 4.67. The van der Waals surface area contributed by atoms with E-state index in [0.717, 1.165) is 37.7 Å². The fourth-order valence-corrected chi connectivity index (χ4v) is 3.50. The highest BCUT2D eigenvalue weighted by Gasteiger charge is 2.49. The number of aliphatic carboxylic acids is 2. The molecule has 2 aliphatic rings. The van der Waals surface area contributed by atoms with Gasteiger partial charge in [-0.3, -0.25) is 4.79 Å². The van der Waals surface area contributed by atoms with Crippen LogP contribution in [0.2, 0.25) is 0 Å². The third kappa shape index (κ3) is 2.31. The molecule has 1 unspecified atom stereocenters. The molecule has 0 aliphatic heterocycles. The van der Waals surface area contributed by atoms with Gasteiger partial charge < -0.3 is 10.2 Å². The van der Waals surface area contributed by atoms with Crippen LogP contribution in [-0.2, 0) is 9.59 Å². The van der Waals surface area contributed by atoms with Crippen LogP contribution < -0.4 is 0 Å². The maximum atomic E-state index is 11.9. The SMILES string of the molecule is CC1=CC=C(C(=O)O)CC1(C(=O)O)C1CCCCC1. The molecule has 0 heterocycles. The van der Waals surface area contributed by atoms with Crippen LogP contribution in [0.3, 0.4) is 0 Å². The largest absolute Gasteiger partial charge is 0.481 e. The molecule has 1 saturated carbocycles. The minimum Gasteiger partial charge on any atom is -0.481 e. The second kappa shape index (κ2) is 5.19. The fraction of sp³-hybridized carbons (Fsp3) is 0.600. The van der Waals surface area contributed by atoms with Crippen LogP contribution in [0.4, 0.5) is 0 Å². The summed E-state index contributed by atoms with van der Waals surface area (Å²) in [4.78, 5) is 23.1. The van der Waals surface area contributed by atoms with Gasteiger partial charge in [0.05, 0.1) is 5.41 Å². The van der Waals surface area contributed by atoms with Crippen LogP contribution in [0.1, 0.15) is 45.4 Å². The van der Waals surface area contributed by atoms with E-state index >= 15 is 0 Å². The van der Waals surface area contributed by atoms with Gasteiger partial charge in [0.1, 0.15) is 0 Å². The molecule has 0 bridgehead atoms. The van der Waals surface area contributed by atoms with E-state index in [0.29, 0.717) is 0 Å². The van der Waals surface area contributed by atoms with Crippen LogP contribution in [0.5, 0.6) is 0 Å². The topological polar surface area (TPSA) is 74.6 Å². The van der Waals surface area contributed by atoms with Gasteiger partial charge in [0.25, 0.3) is 0 Å². The highest BCUT2D eigenvalue weighted by atomic mass is 16.4. The van der Waals surface area contributed by atoms with Crippen LogP contribution in [0, 0.1) is 11.3 Å². The lowest BCUT2D eigenvalue weighted by Crippen LogP contribution is -2.43. The Balaban J connectivity index is 2.39. The van der Waals surface area contributed by atoms with Crippen molar-refractivity contribution in [2.45, 2.75) is 45.4 Å². The summed E-state index contributed by atoms with van der Waals surface area (Å²) in [6.07, 6.45) is 8.32. The quantitative estimate of drug-likeness (QED) is 0.821. The van der Waals surface area contributed by atoms with Crippen molar-refractivity contribution in [2.24, 2.45) is 11.3 Å². The molecule has 2 rings (SSSR count). The van der Waals surface area contributed by atoms with Gasteiger partial charge in [-0.2, -0.15) is 0 Å². The summed E-state index contributed by atoms with van der Waals surface area (Å²) in [5.74, 6) is -1.83. The van der Waals surface area contributed by atoms with Crippen LogP contribution in [0.25, 0.3) is 0 Å². The Morgan fingerprint density at radius 1 is 1.16 bits per heavy atom. The summed E-state index contributed by atoms with van der Waals surface area (Å²) >= 11 is 0. The van der Waals surface area contributed by atoms with Gasteiger partial charge >= 0.3 is 11.9 Å². The lowest BCUT2D eigenvalue weighted by atomic mass is 9.60. The van der Waals surface area contributed by atoms with Crippen molar-refractivity contribution in [2.75, 3.05) is 0 Å². The smallest absolute Gasteiger partial charge is 0.331 e. The van der Waals surface area contributed by atoms with E-state index in [-0.39, 0.29) is 17.9 Å². The first-order valence-corrected chi connectivity index (χ1v) is 6.83. The van der Waals surface area contributed by atoms with Crippen molar-refractivity contribution < 1.29 is 19.8 Å². The summed E-state index contributed by atoms with van der Waals surface area (Å²) in [6, 6.07) is 0. The second-order valence-electron chi connectivity index (χ2n) is 5.63. The molecule has 4 heteroatoms. The predicted octanol–water partition coefficient (Wildman–Crippen LogP) is 3.00. The standard InChI is InChI=1S/C15H20O4/c1-10-7-8-11(13(16)17)9-15(10,14(18)19)12-5-3-2-4-6-12/h7-8,12H,2-6,9H2,1H3,(H,16,17)(H,18,19). The van der Waals surface area contributed by atoms with Gasteiger partial charge in [0.2, 0.25) is 0 Å². The normalized spacial score (nSPS) is 28.5. The zero-order valence-electron chi connectivity index (χ0n) is 11.2. The Kier molecular flexibility index (Phi) is 3.78. The number of hydrogen-bond donors (Lipinski definition) is 2. The maximum Gasteiger partial charge on any atom is 0.331 e. The van der Waals surface area contributed by atoms with E-state index in [4.69, 9.17) is 5.11 Å². The average Bonchev–Trinajstić information content (AvgIpc) is 2.39. The first-order valence-electron chi connectivity index (χ1n) is 6.83. The van der Waals surface area contributed by atoms with E-state index in [1.165, 1.54) is 0 Å². The van der Waals surface area contributed by atoms with Crippen molar-refractivity contribution in [3.63, 3.8) is 0 Å². The molecule has 0 spiro atoms. The van der Waals surface area contributed by atoms with Crippen molar-refractivity contribution in [1.82, 2.24) is 0 Å². The molecule has 0 aromatic rings. The molecule has 104 valence electrons. The molecule has 2 N–H and O–H groups in total. The number of hydrogen-bond acceptors (Lipinski definition) is 2. The minimum atomic E-state index is -1.01. The van der Waals surface area contributed by atoms with Crippen molar-refractivity contribution in [3.05, 3.63) is 23.3 Å². The molecule has 0 amide bonds. The molecule has 19 heavy (non-hydrogen) atoms. The van der Waals surface area contributed by atoms with E-state index < -0.39 is 17.4 Å². The molecular formula is C15H20O4. The first kappa shape index (κ1) is 13.8. The summed E-state index contributed by atoms with van der Waals surface area (Å²) in [5, 5.41) is 18.9. The Morgan fingerprint density at radius 3 is 2.32 bits per heavy atom. The summed E-state index contributed by atoms with van der Waals surface area (Å²) in [5.41, 5.74) is -0.0152. The second-order valence-corrected chi connectivity index (χ2v) is 5.63. The molecule has 0 aromatic carbocycles. The van der Waals surface area contributed by atoms with Crippen molar-refractivity contribution in [1.29, 1.82) is 0 Å². The minimum absolute atomic E-state index is 0.0537. The predicted molar refractivity (Wildman–Crippen MR) is 70.7 cm³/mol. The molecule has 4 nitrogen and oxygen atoms in total. The first-order chi connectivity index (χ1) is 8.98. The van der Waals surface area contributed by atoms with E-state index in [2.05, 4.69) is 0 Å². The molecule has 1 atom stereocenters. The number of carboxylic acids is 2. The van der Waals surface area contributed by atoms with Gasteiger partial charge in [0.15, 0.2) is 0 Å². The van der Waals surface area contributed by atoms with E-state index in [1.807, 2.05) is 6.92 Å². The summed E-state index contributed by atoms with van der Waals surface area (Å²) in [7, 11) is 0. The molecular weight excluding hydrogens is 244 g/mol. The summed E-state index contributed by atoms with van der Waals surface area (Å²) < 4.78 is 0. The van der Waals surface area contributed by atoms with Gasteiger partial charge in [0, 0.05) is 5.57 Å². The van der Waals surface area contributed by atoms with Crippen molar-refractivity contribution in [3.8, 4) is 0 Å². The monoisotopic (exact) mass is 264 g/mol. The Labute approximate surface area is 112 Å². The van der Waals surface area contributed by atoms with Gasteiger partial charge in [-0.05, 0) is 32.1 Å². The number of rotatable bonds is 3. The van der Waals surface area contributed by atoms with Gasteiger partial charge in [-0.1, -0.05) is 37.0 Å². The molecule has 0 saturated heterocycles. The molecule has 2 aliphatic carbocycles. The molecule has 1 fully saturated rings. The lowest BCUT2D eigenvalue weighted by Gasteiger charge is -2.41. The Hall–Kier alpha value is -1.58. The number of carboxylic acid groups (broad SMARTS) is 2. The van der Waals surface area contributed by atoms with Crippen LogP contribution in [-0.4, -0.2) is 22.2 Å². The zero-order chi connectivity index (χ0) is 14.0. The van der Waals surface area contributed by atoms with Crippen LogP contribution in [0.15, 0.2) is 23.3 Å². The third-order valence-electron chi connectivity index (χ3n) is 4.67. The molecule has 0 aromatic heterocycles. The number of allylic oxidation sites excluding steroid dienone is 2. The van der Waals surface area contributed by atoms with Crippen molar-refractivity contribution >= 4 is 11.9 Å². The Bertz CT molecular complexity index is 455.